The second-order valence-electron chi connectivity index (χ2n) is 3.83. The van der Waals surface area contributed by atoms with E-state index in [1.807, 2.05) is 0 Å². The smallest absolute Gasteiger partial charge is 0.304 e. The SMILES string of the molecule is Cc1nnc(SCCC(=O)O)n1-c1ccc(F)cc1. The second kappa shape index (κ2) is 5.83. The van der Waals surface area contributed by atoms with Crippen molar-refractivity contribution in [3.63, 3.8) is 0 Å². The van der Waals surface area contributed by atoms with Crippen molar-refractivity contribution in [1.29, 1.82) is 0 Å². The topological polar surface area (TPSA) is 68.0 Å². The van der Waals surface area contributed by atoms with Crippen LogP contribution in [0.5, 0.6) is 0 Å². The van der Waals surface area contributed by atoms with Crippen LogP contribution in [0.15, 0.2) is 29.4 Å². The average molecular weight is 281 g/mol. The largest absolute Gasteiger partial charge is 0.481 e. The molecule has 0 aliphatic rings. The van der Waals surface area contributed by atoms with Crippen molar-refractivity contribution in [3.05, 3.63) is 35.9 Å². The maximum Gasteiger partial charge on any atom is 0.304 e. The van der Waals surface area contributed by atoms with E-state index in [4.69, 9.17) is 5.11 Å². The van der Waals surface area contributed by atoms with Crippen LogP contribution in [-0.4, -0.2) is 31.6 Å². The predicted molar refractivity (Wildman–Crippen MR) is 69.0 cm³/mol. The van der Waals surface area contributed by atoms with Gasteiger partial charge in [0.05, 0.1) is 6.42 Å². The molecule has 0 bridgehead atoms. The highest BCUT2D eigenvalue weighted by atomic mass is 32.2. The summed E-state index contributed by atoms with van der Waals surface area (Å²) in [7, 11) is 0. The summed E-state index contributed by atoms with van der Waals surface area (Å²) in [5, 5.41) is 17.2. The van der Waals surface area contributed by atoms with E-state index in [1.165, 1.54) is 23.9 Å². The number of aromatic nitrogens is 3. The highest BCUT2D eigenvalue weighted by molar-refractivity contribution is 7.99. The van der Waals surface area contributed by atoms with Gasteiger partial charge in [-0.05, 0) is 31.2 Å². The van der Waals surface area contributed by atoms with Gasteiger partial charge in [-0.25, -0.2) is 4.39 Å². The molecular formula is C12H12FN3O2S. The fraction of sp³-hybridized carbons (Fsp3) is 0.250. The van der Waals surface area contributed by atoms with Crippen molar-refractivity contribution in [2.24, 2.45) is 0 Å². The van der Waals surface area contributed by atoms with Crippen LogP contribution in [0.3, 0.4) is 0 Å². The number of aliphatic carboxylic acids is 1. The van der Waals surface area contributed by atoms with E-state index in [2.05, 4.69) is 10.2 Å². The number of carboxylic acids is 1. The van der Waals surface area contributed by atoms with E-state index in [-0.39, 0.29) is 12.2 Å². The Kier molecular flexibility index (Phi) is 4.16. The highest BCUT2D eigenvalue weighted by Gasteiger charge is 2.11. The van der Waals surface area contributed by atoms with Crippen LogP contribution in [0.25, 0.3) is 5.69 Å². The number of benzene rings is 1. The molecule has 0 aliphatic heterocycles. The van der Waals surface area contributed by atoms with Gasteiger partial charge in [-0.1, -0.05) is 11.8 Å². The normalized spacial score (nSPS) is 10.6. The molecule has 0 atom stereocenters. The average Bonchev–Trinajstić information content (AvgIpc) is 2.72. The summed E-state index contributed by atoms with van der Waals surface area (Å²) in [4.78, 5) is 10.5. The Morgan fingerprint density at radius 3 is 2.68 bits per heavy atom. The van der Waals surface area contributed by atoms with Crippen LogP contribution in [0.1, 0.15) is 12.2 Å². The number of nitrogens with zero attached hydrogens (tertiary/aromatic N) is 3. The van der Waals surface area contributed by atoms with Gasteiger partial charge < -0.3 is 5.11 Å². The molecule has 0 spiro atoms. The standard InChI is InChI=1S/C12H12FN3O2S/c1-8-14-15-12(19-7-6-11(17)18)16(8)10-4-2-9(13)3-5-10/h2-5H,6-7H2,1H3,(H,17,18). The lowest BCUT2D eigenvalue weighted by Gasteiger charge is -2.07. The molecule has 0 aliphatic carbocycles. The number of hydrogen-bond acceptors (Lipinski definition) is 4. The third-order valence-corrected chi connectivity index (χ3v) is 3.36. The highest BCUT2D eigenvalue weighted by Crippen LogP contribution is 2.22. The van der Waals surface area contributed by atoms with Crippen molar-refractivity contribution in [2.45, 2.75) is 18.5 Å². The summed E-state index contributed by atoms with van der Waals surface area (Å²) >= 11 is 1.31. The first-order valence-corrected chi connectivity index (χ1v) is 6.59. The van der Waals surface area contributed by atoms with E-state index >= 15 is 0 Å². The molecule has 1 aromatic heterocycles. The Bertz CT molecular complexity index is 583. The first kappa shape index (κ1) is 13.5. The molecule has 0 amide bonds. The minimum atomic E-state index is -0.850. The number of thioether (sulfide) groups is 1. The fourth-order valence-corrected chi connectivity index (χ4v) is 2.48. The van der Waals surface area contributed by atoms with Gasteiger partial charge in [0.1, 0.15) is 11.6 Å². The first-order valence-electron chi connectivity index (χ1n) is 5.60. The van der Waals surface area contributed by atoms with Crippen LogP contribution in [0.4, 0.5) is 4.39 Å². The zero-order valence-electron chi connectivity index (χ0n) is 10.2. The Balaban J connectivity index is 2.22. The third-order valence-electron chi connectivity index (χ3n) is 2.43. The molecular weight excluding hydrogens is 269 g/mol. The van der Waals surface area contributed by atoms with Gasteiger partial charge in [-0.2, -0.15) is 0 Å². The van der Waals surface area contributed by atoms with E-state index in [9.17, 15) is 9.18 Å². The molecule has 0 radical (unpaired) electrons. The number of carboxylic acid groups (broad SMARTS) is 1. The number of carbonyl (C=O) groups is 1. The molecule has 2 aromatic rings. The van der Waals surface area contributed by atoms with Crippen molar-refractivity contribution >= 4 is 17.7 Å². The number of halogens is 1. The maximum absolute atomic E-state index is 12.9. The Labute approximate surface area is 113 Å². The molecule has 0 fully saturated rings. The van der Waals surface area contributed by atoms with Crippen molar-refractivity contribution in [1.82, 2.24) is 14.8 Å². The summed E-state index contributed by atoms with van der Waals surface area (Å²) < 4.78 is 14.7. The molecule has 0 unspecified atom stereocenters. The third kappa shape index (κ3) is 3.31. The van der Waals surface area contributed by atoms with Crippen molar-refractivity contribution < 1.29 is 14.3 Å². The monoisotopic (exact) mass is 281 g/mol. The van der Waals surface area contributed by atoms with Gasteiger partial charge in [0.15, 0.2) is 5.16 Å². The minimum absolute atomic E-state index is 0.0555. The van der Waals surface area contributed by atoms with Crippen LogP contribution >= 0.6 is 11.8 Å². The van der Waals surface area contributed by atoms with E-state index in [1.54, 1.807) is 23.6 Å². The van der Waals surface area contributed by atoms with Crippen LogP contribution in [-0.2, 0) is 4.79 Å². The Morgan fingerprint density at radius 2 is 2.05 bits per heavy atom. The molecule has 0 saturated carbocycles. The Hall–Kier alpha value is -1.89. The summed E-state index contributed by atoms with van der Waals surface area (Å²) in [5.74, 6) is -0.0784. The number of rotatable bonds is 5. The van der Waals surface area contributed by atoms with E-state index < -0.39 is 5.97 Å². The van der Waals surface area contributed by atoms with Crippen molar-refractivity contribution in [2.75, 3.05) is 5.75 Å². The van der Waals surface area contributed by atoms with Crippen LogP contribution < -0.4 is 0 Å². The second-order valence-corrected chi connectivity index (χ2v) is 4.90. The summed E-state index contributed by atoms with van der Waals surface area (Å²) in [6, 6.07) is 5.99. The van der Waals surface area contributed by atoms with Gasteiger partial charge in [-0.15, -0.1) is 10.2 Å². The van der Waals surface area contributed by atoms with Gasteiger partial charge in [0.2, 0.25) is 0 Å². The predicted octanol–water partition coefficient (Wildman–Crippen LogP) is 2.28. The van der Waals surface area contributed by atoms with Crippen LogP contribution in [0.2, 0.25) is 0 Å². The van der Waals surface area contributed by atoms with Gasteiger partial charge in [-0.3, -0.25) is 9.36 Å². The molecule has 1 aromatic carbocycles. The molecule has 1 N–H and O–H groups in total. The summed E-state index contributed by atoms with van der Waals surface area (Å²) in [6.45, 7) is 1.79. The minimum Gasteiger partial charge on any atom is -0.481 e. The molecule has 5 nitrogen and oxygen atoms in total. The lowest BCUT2D eigenvalue weighted by molar-refractivity contribution is -0.136. The zero-order chi connectivity index (χ0) is 13.8. The molecule has 100 valence electrons. The Morgan fingerprint density at radius 1 is 1.37 bits per heavy atom. The lowest BCUT2D eigenvalue weighted by Crippen LogP contribution is -2.01. The summed E-state index contributed by atoms with van der Waals surface area (Å²) in [6.07, 6.45) is 0.0555. The molecule has 2 rings (SSSR count). The van der Waals surface area contributed by atoms with Gasteiger partial charge >= 0.3 is 5.97 Å². The first-order chi connectivity index (χ1) is 9.08. The van der Waals surface area contributed by atoms with E-state index in [0.717, 1.165) is 5.69 Å². The van der Waals surface area contributed by atoms with Crippen LogP contribution in [0, 0.1) is 12.7 Å². The quantitative estimate of drug-likeness (QED) is 0.852. The molecule has 19 heavy (non-hydrogen) atoms. The number of aryl methyl sites for hydroxylation is 1. The number of hydrogen-bond donors (Lipinski definition) is 1. The van der Waals surface area contributed by atoms with Gasteiger partial charge in [0.25, 0.3) is 0 Å². The summed E-state index contributed by atoms with van der Waals surface area (Å²) in [5.41, 5.74) is 0.752. The molecule has 1 heterocycles. The van der Waals surface area contributed by atoms with Gasteiger partial charge in [0, 0.05) is 11.4 Å². The van der Waals surface area contributed by atoms with E-state index in [0.29, 0.717) is 16.7 Å². The lowest BCUT2D eigenvalue weighted by atomic mass is 10.3. The fourth-order valence-electron chi connectivity index (χ4n) is 1.55. The zero-order valence-corrected chi connectivity index (χ0v) is 11.0. The molecule has 7 heteroatoms. The molecule has 0 saturated heterocycles. The van der Waals surface area contributed by atoms with Crippen molar-refractivity contribution in [3.8, 4) is 5.69 Å². The maximum atomic E-state index is 12.9.